The van der Waals surface area contributed by atoms with Gasteiger partial charge in [0.15, 0.2) is 0 Å². The van der Waals surface area contributed by atoms with E-state index in [0.717, 1.165) is 4.31 Å². The van der Waals surface area contributed by atoms with Gasteiger partial charge in [0.2, 0.25) is 10.0 Å². The quantitative estimate of drug-likeness (QED) is 0.373. The molecule has 7 heteroatoms. The van der Waals surface area contributed by atoms with Crippen LogP contribution in [0.15, 0.2) is 0 Å². The first kappa shape index (κ1) is 15.7. The Hall–Kier alpha value is -0.330. The monoisotopic (exact) mass is 271 g/mol. The number of alkyl halides is 1. The third-order valence-corrected chi connectivity index (χ3v) is 4.31. The lowest BCUT2D eigenvalue weighted by Crippen LogP contribution is -2.37. The Morgan fingerprint density at radius 1 is 1.38 bits per heavy atom. The Labute approximate surface area is 102 Å². The molecule has 0 saturated heterocycles. The topological polar surface area (TPSA) is 63.7 Å². The van der Waals surface area contributed by atoms with E-state index in [4.69, 9.17) is 11.6 Å². The number of likely N-dealkylation sites (N-methyl/N-ethyl adjacent to an activating group) is 1. The summed E-state index contributed by atoms with van der Waals surface area (Å²) in [5.74, 6) is -0.0915. The minimum atomic E-state index is -3.38. The summed E-state index contributed by atoms with van der Waals surface area (Å²) in [6.45, 7) is 1.72. The van der Waals surface area contributed by atoms with Crippen LogP contribution in [0.2, 0.25) is 0 Å². The minimum Gasteiger partial charge on any atom is -0.468 e. The van der Waals surface area contributed by atoms with Crippen LogP contribution in [0.25, 0.3) is 0 Å². The van der Waals surface area contributed by atoms with Crippen LogP contribution in [0, 0.1) is 0 Å². The van der Waals surface area contributed by atoms with Gasteiger partial charge in [-0.15, -0.1) is 11.6 Å². The zero-order chi connectivity index (χ0) is 12.6. The lowest BCUT2D eigenvalue weighted by molar-refractivity contribution is -0.140. The second-order valence-corrected chi connectivity index (χ2v) is 5.68. The molecule has 0 spiro atoms. The average Bonchev–Trinajstić information content (AvgIpc) is 2.25. The van der Waals surface area contributed by atoms with Crippen molar-refractivity contribution < 1.29 is 17.9 Å². The van der Waals surface area contributed by atoms with Crippen LogP contribution in [0.4, 0.5) is 0 Å². The number of carbonyl (C=O) groups excluding carboxylic acids is 1. The van der Waals surface area contributed by atoms with E-state index in [9.17, 15) is 13.2 Å². The Kier molecular flexibility index (Phi) is 7.70. The Morgan fingerprint density at radius 3 is 2.44 bits per heavy atom. The molecule has 0 saturated carbocycles. The Bertz CT molecular complexity index is 305. The SMILES string of the molecule is CCN(CC(=O)OC)S(=O)(=O)CCCCCl. The van der Waals surface area contributed by atoms with Crippen LogP contribution in [0.1, 0.15) is 19.8 Å². The molecule has 0 aliphatic rings. The van der Waals surface area contributed by atoms with Crippen LogP contribution >= 0.6 is 11.6 Å². The molecule has 0 aromatic heterocycles. The van der Waals surface area contributed by atoms with Crippen LogP contribution in [-0.2, 0) is 19.6 Å². The van der Waals surface area contributed by atoms with Crippen molar-refractivity contribution in [1.82, 2.24) is 4.31 Å². The van der Waals surface area contributed by atoms with E-state index in [1.54, 1.807) is 6.92 Å². The molecule has 0 unspecified atom stereocenters. The van der Waals surface area contributed by atoms with Crippen molar-refractivity contribution in [1.29, 1.82) is 0 Å². The molecule has 96 valence electrons. The lowest BCUT2D eigenvalue weighted by Gasteiger charge is -2.18. The van der Waals surface area contributed by atoms with Gasteiger partial charge in [0.05, 0.1) is 12.9 Å². The van der Waals surface area contributed by atoms with E-state index >= 15 is 0 Å². The third kappa shape index (κ3) is 5.67. The maximum atomic E-state index is 11.8. The molecule has 0 amide bonds. The van der Waals surface area contributed by atoms with Gasteiger partial charge in [-0.25, -0.2) is 8.42 Å². The van der Waals surface area contributed by atoms with Gasteiger partial charge in [-0.2, -0.15) is 4.31 Å². The number of hydrogen-bond donors (Lipinski definition) is 0. The van der Waals surface area contributed by atoms with Crippen molar-refractivity contribution >= 4 is 27.6 Å². The number of hydrogen-bond acceptors (Lipinski definition) is 4. The second-order valence-electron chi connectivity index (χ2n) is 3.21. The second kappa shape index (κ2) is 7.86. The van der Waals surface area contributed by atoms with Crippen LogP contribution in [-0.4, -0.2) is 50.5 Å². The van der Waals surface area contributed by atoms with Gasteiger partial charge in [0.25, 0.3) is 0 Å². The summed E-state index contributed by atoms with van der Waals surface area (Å²) in [6.07, 6.45) is 1.15. The molecular formula is C9H18ClNO4S. The summed E-state index contributed by atoms with van der Waals surface area (Å²) < 4.78 is 29.1. The predicted octanol–water partition coefficient (Wildman–Crippen LogP) is 0.830. The summed E-state index contributed by atoms with van der Waals surface area (Å²) >= 11 is 5.47. The highest BCUT2D eigenvalue weighted by Gasteiger charge is 2.22. The standard InChI is InChI=1S/C9H18ClNO4S/c1-3-11(8-9(12)15-2)16(13,14)7-5-4-6-10/h3-8H2,1-2H3. The maximum absolute atomic E-state index is 11.8. The highest BCUT2D eigenvalue weighted by molar-refractivity contribution is 7.89. The molecule has 0 aliphatic heterocycles. The van der Waals surface area contributed by atoms with E-state index in [1.165, 1.54) is 7.11 Å². The molecule has 0 N–H and O–H groups in total. The van der Waals surface area contributed by atoms with Crippen LogP contribution < -0.4 is 0 Å². The largest absolute Gasteiger partial charge is 0.468 e. The van der Waals surface area contributed by atoms with Gasteiger partial charge >= 0.3 is 5.97 Å². The van der Waals surface area contributed by atoms with E-state index in [1.807, 2.05) is 0 Å². The number of halogens is 1. The zero-order valence-corrected chi connectivity index (χ0v) is 11.2. The van der Waals surface area contributed by atoms with Crippen molar-refractivity contribution in [3.05, 3.63) is 0 Å². The first-order valence-electron chi connectivity index (χ1n) is 5.08. The van der Waals surface area contributed by atoms with Crippen molar-refractivity contribution in [2.45, 2.75) is 19.8 Å². The van der Waals surface area contributed by atoms with Crippen molar-refractivity contribution in [3.8, 4) is 0 Å². The fraction of sp³-hybridized carbons (Fsp3) is 0.889. The van der Waals surface area contributed by atoms with Crippen molar-refractivity contribution in [3.63, 3.8) is 0 Å². The third-order valence-electron chi connectivity index (χ3n) is 2.07. The van der Waals surface area contributed by atoms with Crippen molar-refractivity contribution in [2.24, 2.45) is 0 Å². The molecular weight excluding hydrogens is 254 g/mol. The van der Waals surface area contributed by atoms with Crippen LogP contribution in [0.5, 0.6) is 0 Å². The predicted molar refractivity (Wildman–Crippen MR) is 63.0 cm³/mol. The van der Waals surface area contributed by atoms with Gasteiger partial charge in [-0.05, 0) is 12.8 Å². The number of carbonyl (C=O) groups is 1. The minimum absolute atomic E-state index is 0.0184. The van der Waals surface area contributed by atoms with E-state index in [0.29, 0.717) is 18.7 Å². The molecule has 0 atom stereocenters. The molecule has 0 fully saturated rings. The van der Waals surface area contributed by atoms with Gasteiger partial charge in [0, 0.05) is 12.4 Å². The summed E-state index contributed by atoms with van der Waals surface area (Å²) in [4.78, 5) is 11.0. The number of unbranched alkanes of at least 4 members (excludes halogenated alkanes) is 1. The van der Waals surface area contributed by atoms with Gasteiger partial charge in [-0.3, -0.25) is 4.79 Å². The highest BCUT2D eigenvalue weighted by Crippen LogP contribution is 2.05. The van der Waals surface area contributed by atoms with E-state index in [2.05, 4.69) is 4.74 Å². The Morgan fingerprint density at radius 2 is 2.00 bits per heavy atom. The van der Waals surface area contributed by atoms with Crippen LogP contribution in [0.3, 0.4) is 0 Å². The fourth-order valence-electron chi connectivity index (χ4n) is 1.12. The van der Waals surface area contributed by atoms with Gasteiger partial charge < -0.3 is 4.74 Å². The summed E-state index contributed by atoms with van der Waals surface area (Å²) in [6, 6.07) is 0. The summed E-state index contributed by atoms with van der Waals surface area (Å²) in [7, 11) is -2.14. The number of sulfonamides is 1. The zero-order valence-electron chi connectivity index (χ0n) is 9.61. The molecule has 0 heterocycles. The molecule has 0 radical (unpaired) electrons. The summed E-state index contributed by atoms with van der Waals surface area (Å²) in [5, 5.41) is 0. The number of rotatable bonds is 8. The van der Waals surface area contributed by atoms with E-state index in [-0.39, 0.29) is 18.8 Å². The average molecular weight is 272 g/mol. The highest BCUT2D eigenvalue weighted by atomic mass is 35.5. The number of methoxy groups -OCH3 is 1. The number of esters is 1. The first-order chi connectivity index (χ1) is 7.47. The molecule has 5 nitrogen and oxygen atoms in total. The lowest BCUT2D eigenvalue weighted by atomic mass is 10.4. The molecule has 0 aromatic carbocycles. The number of nitrogens with zero attached hydrogens (tertiary/aromatic N) is 1. The maximum Gasteiger partial charge on any atom is 0.321 e. The first-order valence-corrected chi connectivity index (χ1v) is 7.23. The molecule has 16 heavy (non-hydrogen) atoms. The fourth-order valence-corrected chi connectivity index (χ4v) is 2.84. The molecule has 0 aliphatic carbocycles. The van der Waals surface area contributed by atoms with E-state index < -0.39 is 16.0 Å². The smallest absolute Gasteiger partial charge is 0.321 e. The van der Waals surface area contributed by atoms with Gasteiger partial charge in [0.1, 0.15) is 6.54 Å². The molecule has 0 rings (SSSR count). The Balaban J connectivity index is 4.37. The number of ether oxygens (including phenoxy) is 1. The molecule has 0 aromatic rings. The summed E-state index contributed by atoms with van der Waals surface area (Å²) in [5.41, 5.74) is 0. The van der Waals surface area contributed by atoms with Crippen molar-refractivity contribution in [2.75, 3.05) is 31.8 Å². The normalized spacial score (nSPS) is 11.8. The van der Waals surface area contributed by atoms with Gasteiger partial charge in [-0.1, -0.05) is 6.92 Å². The molecule has 0 bridgehead atoms.